The zero-order chi connectivity index (χ0) is 32.0. The van der Waals surface area contributed by atoms with E-state index in [0.717, 1.165) is 56.1 Å². The van der Waals surface area contributed by atoms with Crippen molar-refractivity contribution in [3.63, 3.8) is 0 Å². The van der Waals surface area contributed by atoms with Gasteiger partial charge >= 0.3 is 0 Å². The molecule has 0 spiro atoms. The number of unbranched alkanes of at least 4 members (excludes halogenated alkanes) is 2. The number of carbonyl (C=O) groups is 4. The molecular formula is C36H41N5O5. The summed E-state index contributed by atoms with van der Waals surface area (Å²) in [6.45, 7) is 1.60. The number of carbonyl (C=O) groups excluding carboxylic acids is 4. The third-order valence-electron chi connectivity index (χ3n) is 8.65. The van der Waals surface area contributed by atoms with Gasteiger partial charge in [-0.15, -0.1) is 0 Å². The van der Waals surface area contributed by atoms with Crippen LogP contribution in [-0.2, 0) is 22.7 Å². The van der Waals surface area contributed by atoms with E-state index in [1.807, 2.05) is 46.2 Å². The van der Waals surface area contributed by atoms with Crippen LogP contribution in [0.25, 0.3) is 0 Å². The number of hydrogen-bond donors (Lipinski definition) is 3. The summed E-state index contributed by atoms with van der Waals surface area (Å²) >= 11 is 0. The Bertz CT molecular complexity index is 1580. The molecule has 10 nitrogen and oxygen atoms in total. The molecule has 46 heavy (non-hydrogen) atoms. The quantitative estimate of drug-likeness (QED) is 0.214. The number of benzene rings is 3. The standard InChI is InChI=1S/C36H41N5O5/c37-19-3-1-2-4-34(43)40(29-14-15-29)21-25-7-12-28(13-8-25)38-35(44)26-9-5-24(6-10-26)22-41(30-16-17-30)36(45)27-11-18-31-32(20-27)46-23-33(42)39-31/h5-13,18,20,29-30H,1-4,14-17,19,21-23,37H2,(H,38,44)(H,39,42). The zero-order valence-corrected chi connectivity index (χ0v) is 26.0. The highest BCUT2D eigenvalue weighted by atomic mass is 16.5. The van der Waals surface area contributed by atoms with Crippen molar-refractivity contribution in [2.45, 2.75) is 76.5 Å². The van der Waals surface area contributed by atoms with Crippen molar-refractivity contribution in [1.82, 2.24) is 9.80 Å². The highest BCUT2D eigenvalue weighted by molar-refractivity contribution is 6.04. The molecule has 0 atom stereocenters. The van der Waals surface area contributed by atoms with Gasteiger partial charge in [0.2, 0.25) is 5.91 Å². The van der Waals surface area contributed by atoms with Gasteiger partial charge in [0, 0.05) is 48.4 Å². The summed E-state index contributed by atoms with van der Waals surface area (Å²) in [6, 6.07) is 20.6. The summed E-state index contributed by atoms with van der Waals surface area (Å²) in [5.41, 5.74) is 9.81. The second-order valence-corrected chi connectivity index (χ2v) is 12.4. The number of fused-ring (bicyclic) bond motifs is 1. The van der Waals surface area contributed by atoms with Crippen LogP contribution in [0.5, 0.6) is 5.75 Å². The minimum atomic E-state index is -0.220. The van der Waals surface area contributed by atoms with Gasteiger partial charge in [0.25, 0.3) is 17.7 Å². The third-order valence-corrected chi connectivity index (χ3v) is 8.65. The Kier molecular flexibility index (Phi) is 9.63. The Morgan fingerprint density at radius 2 is 1.43 bits per heavy atom. The molecule has 2 aliphatic carbocycles. The fourth-order valence-electron chi connectivity index (χ4n) is 5.73. The lowest BCUT2D eigenvalue weighted by atomic mass is 10.1. The zero-order valence-electron chi connectivity index (χ0n) is 26.0. The maximum Gasteiger partial charge on any atom is 0.262 e. The Hall–Kier alpha value is -4.70. The van der Waals surface area contributed by atoms with Crippen molar-refractivity contribution in [3.05, 3.63) is 89.0 Å². The Morgan fingerprint density at radius 1 is 0.804 bits per heavy atom. The number of amides is 4. The lowest BCUT2D eigenvalue weighted by Gasteiger charge is -2.24. The van der Waals surface area contributed by atoms with Crippen LogP contribution in [0.1, 0.15) is 83.2 Å². The van der Waals surface area contributed by atoms with Crippen molar-refractivity contribution in [1.29, 1.82) is 0 Å². The van der Waals surface area contributed by atoms with E-state index in [4.69, 9.17) is 10.5 Å². The molecule has 4 N–H and O–H groups in total. The molecule has 10 heteroatoms. The van der Waals surface area contributed by atoms with Gasteiger partial charge in [-0.05, 0) is 98.7 Å². The first-order chi connectivity index (χ1) is 22.4. The highest BCUT2D eigenvalue weighted by Crippen LogP contribution is 2.33. The average Bonchev–Trinajstić information content (AvgIpc) is 4.00. The van der Waals surface area contributed by atoms with Gasteiger partial charge in [-0.1, -0.05) is 30.7 Å². The van der Waals surface area contributed by atoms with Crippen LogP contribution in [0.4, 0.5) is 11.4 Å². The number of nitrogens with zero attached hydrogens (tertiary/aromatic N) is 2. The van der Waals surface area contributed by atoms with Crippen molar-refractivity contribution in [2.24, 2.45) is 5.73 Å². The van der Waals surface area contributed by atoms with E-state index in [9.17, 15) is 19.2 Å². The highest BCUT2D eigenvalue weighted by Gasteiger charge is 2.34. The van der Waals surface area contributed by atoms with Gasteiger partial charge < -0.3 is 30.9 Å². The number of nitrogens with two attached hydrogens (primary N) is 1. The number of rotatable bonds is 14. The molecule has 1 heterocycles. The van der Waals surface area contributed by atoms with Gasteiger partial charge in [-0.25, -0.2) is 0 Å². The van der Waals surface area contributed by atoms with Gasteiger partial charge in [-0.2, -0.15) is 0 Å². The molecule has 3 aliphatic rings. The maximum atomic E-state index is 13.5. The van der Waals surface area contributed by atoms with Crippen LogP contribution in [-0.4, -0.2) is 58.7 Å². The topological polar surface area (TPSA) is 134 Å². The molecule has 0 bridgehead atoms. The number of nitrogens with one attached hydrogen (secondary N) is 2. The van der Waals surface area contributed by atoms with Crippen molar-refractivity contribution in [3.8, 4) is 5.75 Å². The fourth-order valence-corrected chi connectivity index (χ4v) is 5.73. The molecular weight excluding hydrogens is 582 g/mol. The van der Waals surface area contributed by atoms with Crippen LogP contribution >= 0.6 is 0 Å². The van der Waals surface area contributed by atoms with Gasteiger partial charge in [0.05, 0.1) is 5.69 Å². The van der Waals surface area contributed by atoms with Crippen LogP contribution in [0.3, 0.4) is 0 Å². The Balaban J connectivity index is 1.03. The van der Waals surface area contributed by atoms with Crippen LogP contribution in [0.2, 0.25) is 0 Å². The molecule has 0 saturated heterocycles. The van der Waals surface area contributed by atoms with E-state index in [2.05, 4.69) is 10.6 Å². The molecule has 2 saturated carbocycles. The van der Waals surface area contributed by atoms with E-state index in [1.54, 1.807) is 30.3 Å². The minimum Gasteiger partial charge on any atom is -0.482 e. The molecule has 3 aromatic rings. The summed E-state index contributed by atoms with van der Waals surface area (Å²) < 4.78 is 5.50. The van der Waals surface area contributed by atoms with Gasteiger partial charge in [0.15, 0.2) is 6.61 Å². The van der Waals surface area contributed by atoms with E-state index in [-0.39, 0.29) is 36.3 Å². The fraction of sp³-hybridized carbons (Fsp3) is 0.389. The lowest BCUT2D eigenvalue weighted by molar-refractivity contribution is -0.132. The summed E-state index contributed by atoms with van der Waals surface area (Å²) in [5.74, 6) is 0.165. The molecule has 2 fully saturated rings. The second kappa shape index (κ2) is 14.2. The summed E-state index contributed by atoms with van der Waals surface area (Å²) in [4.78, 5) is 54.8. The predicted octanol–water partition coefficient (Wildman–Crippen LogP) is 5.08. The average molecular weight is 624 g/mol. The smallest absolute Gasteiger partial charge is 0.262 e. The van der Waals surface area contributed by atoms with Crippen molar-refractivity contribution < 1.29 is 23.9 Å². The SMILES string of the molecule is NCCCCCC(=O)N(Cc1ccc(NC(=O)c2ccc(CN(C(=O)c3ccc4c(c3)OCC(=O)N4)C3CC3)cc2)cc1)C1CC1. The number of ether oxygens (including phenoxy) is 1. The molecule has 4 amide bonds. The van der Waals surface area contributed by atoms with Crippen LogP contribution in [0, 0.1) is 0 Å². The first kappa shape index (κ1) is 31.3. The monoisotopic (exact) mass is 623 g/mol. The molecule has 1 aliphatic heterocycles. The number of hydrogen-bond acceptors (Lipinski definition) is 6. The summed E-state index contributed by atoms with van der Waals surface area (Å²) in [5, 5.41) is 5.71. The second-order valence-electron chi connectivity index (χ2n) is 12.4. The van der Waals surface area contributed by atoms with Crippen LogP contribution in [0.15, 0.2) is 66.7 Å². The van der Waals surface area contributed by atoms with E-state index in [1.165, 1.54) is 0 Å². The normalized spacial score (nSPS) is 15.3. The van der Waals surface area contributed by atoms with Gasteiger partial charge in [0.1, 0.15) is 5.75 Å². The van der Waals surface area contributed by atoms with Crippen molar-refractivity contribution in [2.75, 3.05) is 23.8 Å². The Labute approximate surface area is 269 Å². The predicted molar refractivity (Wildman–Crippen MR) is 175 cm³/mol. The molecule has 0 unspecified atom stereocenters. The van der Waals surface area contributed by atoms with Gasteiger partial charge in [-0.3, -0.25) is 19.2 Å². The maximum absolute atomic E-state index is 13.5. The molecule has 0 aromatic heterocycles. The summed E-state index contributed by atoms with van der Waals surface area (Å²) in [7, 11) is 0. The van der Waals surface area contributed by atoms with E-state index in [0.29, 0.717) is 60.3 Å². The van der Waals surface area contributed by atoms with E-state index >= 15 is 0 Å². The first-order valence-electron chi connectivity index (χ1n) is 16.2. The van der Waals surface area contributed by atoms with Crippen molar-refractivity contribution >= 4 is 35.0 Å². The van der Waals surface area contributed by atoms with E-state index < -0.39 is 0 Å². The largest absolute Gasteiger partial charge is 0.482 e. The number of anilines is 2. The third kappa shape index (κ3) is 7.92. The van der Waals surface area contributed by atoms with Crippen LogP contribution < -0.4 is 21.1 Å². The Morgan fingerprint density at radius 3 is 2.11 bits per heavy atom. The molecule has 0 radical (unpaired) electrons. The minimum absolute atomic E-state index is 0.0694. The lowest BCUT2D eigenvalue weighted by Crippen LogP contribution is -2.33. The summed E-state index contributed by atoms with van der Waals surface area (Å²) in [6.07, 6.45) is 7.38. The molecule has 3 aromatic carbocycles. The molecule has 6 rings (SSSR count). The first-order valence-corrected chi connectivity index (χ1v) is 16.2. The molecule has 240 valence electrons.